The number of rotatable bonds is 7. The lowest BCUT2D eigenvalue weighted by molar-refractivity contribution is -0.142. The summed E-state index contributed by atoms with van der Waals surface area (Å²) >= 11 is 0. The fourth-order valence-electron chi connectivity index (χ4n) is 2.97. The smallest absolute Gasteiger partial charge is 0.306 e. The molecule has 0 radical (unpaired) electrons. The number of esters is 1. The lowest BCUT2D eigenvalue weighted by Gasteiger charge is -2.22. The normalized spacial score (nSPS) is 13.0. The van der Waals surface area contributed by atoms with Gasteiger partial charge in [-0.2, -0.15) is 0 Å². The number of fused-ring (bicyclic) bond motifs is 1. The minimum absolute atomic E-state index is 0.0315. The summed E-state index contributed by atoms with van der Waals surface area (Å²) in [5.74, 6) is -1.92. The molecule has 2 aromatic carbocycles. The van der Waals surface area contributed by atoms with Gasteiger partial charge >= 0.3 is 5.97 Å². The second-order valence-electron chi connectivity index (χ2n) is 6.42. The Morgan fingerprint density at radius 2 is 1.41 bits per heavy atom. The van der Waals surface area contributed by atoms with E-state index in [2.05, 4.69) is 15.4 Å². The molecule has 1 amide bonds. The van der Waals surface area contributed by atoms with Gasteiger partial charge in [-0.05, 0) is 5.56 Å². The Morgan fingerprint density at radius 3 is 2.03 bits per heavy atom. The summed E-state index contributed by atoms with van der Waals surface area (Å²) in [6.45, 7) is 0.304. The average Bonchev–Trinajstić information content (AvgIpc) is 2.76. The molecular weight excluding hydrogens is 372 g/mol. The third kappa shape index (κ3) is 4.57. The zero-order valence-corrected chi connectivity index (χ0v) is 15.9. The van der Waals surface area contributed by atoms with E-state index in [0.717, 1.165) is 5.56 Å². The van der Waals surface area contributed by atoms with Crippen LogP contribution in [0.15, 0.2) is 66.0 Å². The van der Waals surface area contributed by atoms with Crippen molar-refractivity contribution >= 4 is 23.4 Å². The molecule has 1 aliphatic carbocycles. The second kappa shape index (κ2) is 8.97. The molecule has 0 spiro atoms. The van der Waals surface area contributed by atoms with Gasteiger partial charge in [0.15, 0.2) is 0 Å². The molecule has 0 bridgehead atoms. The molecule has 0 heterocycles. The Hall–Kier alpha value is -3.74. The Balaban J connectivity index is 1.88. The second-order valence-corrected chi connectivity index (χ2v) is 6.42. The van der Waals surface area contributed by atoms with Gasteiger partial charge in [-0.3, -0.25) is 19.2 Å². The molecule has 7 nitrogen and oxygen atoms in total. The van der Waals surface area contributed by atoms with Crippen molar-refractivity contribution in [2.75, 3.05) is 7.11 Å². The molecule has 0 aliphatic heterocycles. The van der Waals surface area contributed by atoms with Gasteiger partial charge in [-0.1, -0.05) is 54.6 Å². The van der Waals surface area contributed by atoms with Crippen molar-refractivity contribution in [3.63, 3.8) is 0 Å². The number of hydrogen-bond acceptors (Lipinski definition) is 6. The van der Waals surface area contributed by atoms with Gasteiger partial charge in [0, 0.05) is 24.1 Å². The third-order valence-electron chi connectivity index (χ3n) is 4.48. The molecule has 7 heteroatoms. The number of allylic oxidation sites excluding steroid dienone is 2. The molecular formula is C22H20N2O5. The minimum Gasteiger partial charge on any atom is -0.469 e. The van der Waals surface area contributed by atoms with Crippen LogP contribution in [0.25, 0.3) is 0 Å². The minimum atomic E-state index is -0.551. The Kier molecular flexibility index (Phi) is 6.19. The third-order valence-corrected chi connectivity index (χ3v) is 4.48. The number of carbonyl (C=O) groups excluding carboxylic acids is 4. The van der Waals surface area contributed by atoms with E-state index in [0.29, 0.717) is 6.54 Å². The topological polar surface area (TPSA) is 102 Å². The maximum atomic E-state index is 13.0. The molecule has 0 aromatic heterocycles. The summed E-state index contributed by atoms with van der Waals surface area (Å²) in [5, 5.41) is 5.50. The van der Waals surface area contributed by atoms with E-state index in [-0.39, 0.29) is 41.1 Å². The first-order chi connectivity index (χ1) is 14.0. The van der Waals surface area contributed by atoms with Gasteiger partial charge in [0.25, 0.3) is 0 Å². The van der Waals surface area contributed by atoms with Crippen molar-refractivity contribution in [2.45, 2.75) is 19.4 Å². The quantitative estimate of drug-likeness (QED) is 0.700. The fraction of sp³-hybridized carbons (Fsp3) is 0.182. The molecule has 1 aliphatic rings. The average molecular weight is 392 g/mol. The fourth-order valence-corrected chi connectivity index (χ4v) is 2.97. The molecule has 0 saturated heterocycles. The lowest BCUT2D eigenvalue weighted by Crippen LogP contribution is -2.38. The number of ketones is 2. The number of methoxy groups -OCH3 is 1. The molecule has 3 rings (SSSR count). The number of Topliss-reactive ketones (excluding diaryl/α,β-unsaturated/α-hetero) is 2. The predicted octanol–water partition coefficient (Wildman–Crippen LogP) is 2.14. The number of carbonyl (C=O) groups is 4. The zero-order chi connectivity index (χ0) is 20.8. The van der Waals surface area contributed by atoms with E-state index in [1.54, 1.807) is 24.3 Å². The van der Waals surface area contributed by atoms with E-state index in [9.17, 15) is 19.2 Å². The highest BCUT2D eigenvalue weighted by atomic mass is 16.5. The van der Waals surface area contributed by atoms with Gasteiger partial charge in [-0.25, -0.2) is 0 Å². The van der Waals surface area contributed by atoms with E-state index < -0.39 is 17.7 Å². The van der Waals surface area contributed by atoms with Crippen molar-refractivity contribution in [2.24, 2.45) is 0 Å². The van der Waals surface area contributed by atoms with Gasteiger partial charge in [0.1, 0.15) is 11.4 Å². The summed E-state index contributed by atoms with van der Waals surface area (Å²) in [6, 6.07) is 15.8. The first-order valence-electron chi connectivity index (χ1n) is 9.08. The summed E-state index contributed by atoms with van der Waals surface area (Å²) in [6.07, 6.45) is -0.285. The monoisotopic (exact) mass is 392 g/mol. The molecule has 0 saturated carbocycles. The van der Waals surface area contributed by atoms with E-state index in [4.69, 9.17) is 0 Å². The van der Waals surface area contributed by atoms with Crippen molar-refractivity contribution in [1.29, 1.82) is 0 Å². The number of amides is 1. The molecule has 0 atom stereocenters. The number of benzene rings is 2. The Labute approximate surface area is 167 Å². The van der Waals surface area contributed by atoms with Crippen LogP contribution in [0.1, 0.15) is 39.1 Å². The number of hydrogen-bond donors (Lipinski definition) is 2. The molecule has 2 aromatic rings. The summed E-state index contributed by atoms with van der Waals surface area (Å²) in [7, 11) is 1.23. The highest BCUT2D eigenvalue weighted by Crippen LogP contribution is 2.24. The van der Waals surface area contributed by atoms with E-state index in [1.807, 2.05) is 30.3 Å². The molecule has 2 N–H and O–H groups in total. The molecule has 0 fully saturated rings. The largest absolute Gasteiger partial charge is 0.469 e. The molecule has 0 unspecified atom stereocenters. The van der Waals surface area contributed by atoms with Crippen molar-refractivity contribution in [3.8, 4) is 0 Å². The van der Waals surface area contributed by atoms with E-state index >= 15 is 0 Å². The maximum absolute atomic E-state index is 13.0. The van der Waals surface area contributed by atoms with Gasteiger partial charge in [0.05, 0.1) is 13.5 Å². The van der Waals surface area contributed by atoms with Crippen LogP contribution in [0.3, 0.4) is 0 Å². The Bertz CT molecular complexity index is 995. The lowest BCUT2D eigenvalue weighted by atomic mass is 9.90. The van der Waals surface area contributed by atoms with Crippen LogP contribution in [0, 0.1) is 0 Å². The molecule has 29 heavy (non-hydrogen) atoms. The zero-order valence-electron chi connectivity index (χ0n) is 15.9. The van der Waals surface area contributed by atoms with Gasteiger partial charge in [-0.15, -0.1) is 0 Å². The first-order valence-corrected chi connectivity index (χ1v) is 9.08. The standard InChI is InChI=1S/C22H20N2O5/c1-29-18(26)12-11-17(25)24-20-19(23-13-14-7-3-2-4-8-14)21(27)15-9-5-6-10-16(15)22(20)28/h2-10,23H,11-13H2,1H3,(H,24,25). The van der Waals surface area contributed by atoms with Crippen LogP contribution in [0.2, 0.25) is 0 Å². The highest BCUT2D eigenvalue weighted by molar-refractivity contribution is 6.27. The van der Waals surface area contributed by atoms with Gasteiger partial charge < -0.3 is 15.4 Å². The van der Waals surface area contributed by atoms with Crippen LogP contribution < -0.4 is 10.6 Å². The summed E-state index contributed by atoms with van der Waals surface area (Å²) < 4.78 is 4.52. The Morgan fingerprint density at radius 1 is 0.828 bits per heavy atom. The van der Waals surface area contributed by atoms with Crippen molar-refractivity contribution < 1.29 is 23.9 Å². The van der Waals surface area contributed by atoms with Crippen LogP contribution >= 0.6 is 0 Å². The summed E-state index contributed by atoms with van der Waals surface area (Å²) in [5.41, 5.74) is 1.34. The highest BCUT2D eigenvalue weighted by Gasteiger charge is 2.33. The maximum Gasteiger partial charge on any atom is 0.306 e. The van der Waals surface area contributed by atoms with Crippen molar-refractivity contribution in [3.05, 3.63) is 82.7 Å². The van der Waals surface area contributed by atoms with Crippen LogP contribution in [-0.4, -0.2) is 30.6 Å². The van der Waals surface area contributed by atoms with Gasteiger partial charge in [0.2, 0.25) is 17.5 Å². The van der Waals surface area contributed by atoms with Crippen LogP contribution in [0.5, 0.6) is 0 Å². The summed E-state index contributed by atoms with van der Waals surface area (Å²) in [4.78, 5) is 49.5. The number of nitrogens with one attached hydrogen (secondary N) is 2. The van der Waals surface area contributed by atoms with Crippen LogP contribution in [0.4, 0.5) is 0 Å². The van der Waals surface area contributed by atoms with Crippen LogP contribution in [-0.2, 0) is 20.9 Å². The SMILES string of the molecule is COC(=O)CCC(=O)NC1=C(NCc2ccccc2)C(=O)c2ccccc2C1=O. The predicted molar refractivity (Wildman–Crippen MR) is 105 cm³/mol. The first kappa shape index (κ1) is 20.0. The van der Waals surface area contributed by atoms with Crippen molar-refractivity contribution in [1.82, 2.24) is 10.6 Å². The molecule has 148 valence electrons. The number of ether oxygens (including phenoxy) is 1. The van der Waals surface area contributed by atoms with E-state index in [1.165, 1.54) is 7.11 Å².